The van der Waals surface area contributed by atoms with Crippen molar-refractivity contribution < 1.29 is 116 Å². The molecule has 5 heteroatoms. The number of hydrogen-bond acceptors (Lipinski definition) is 2. The average molecular weight is 255 g/mol. The van der Waals surface area contributed by atoms with Crippen molar-refractivity contribution in [2.24, 2.45) is 5.73 Å². The molecule has 0 aromatic carbocycles. The van der Waals surface area contributed by atoms with Gasteiger partial charge in [-0.2, -0.15) is 0 Å². The van der Waals surface area contributed by atoms with Crippen LogP contribution < -0.4 is 109 Å². The van der Waals surface area contributed by atoms with E-state index in [4.69, 9.17) is 10.8 Å². The van der Waals surface area contributed by atoms with Crippen LogP contribution in [0, 0.1) is 0 Å². The van der Waals surface area contributed by atoms with Gasteiger partial charge in [0, 0.05) is 6.42 Å². The summed E-state index contributed by atoms with van der Waals surface area (Å²) in [6, 6.07) is 0. The summed E-state index contributed by atoms with van der Waals surface area (Å²) in [7, 11) is 0. The van der Waals surface area contributed by atoms with E-state index in [1.165, 1.54) is 0 Å². The first-order chi connectivity index (χ1) is 5.68. The van der Waals surface area contributed by atoms with Gasteiger partial charge in [-0.05, 0) is 19.4 Å². The van der Waals surface area contributed by atoms with Crippen LogP contribution in [0.5, 0.6) is 0 Å². The van der Waals surface area contributed by atoms with Gasteiger partial charge >= 0.3 is 109 Å². The van der Waals surface area contributed by atoms with E-state index in [1.54, 1.807) is 0 Å². The van der Waals surface area contributed by atoms with Crippen LogP contribution in [0.2, 0.25) is 0 Å². The SMILES string of the molecule is C=C.CCCC(=O)O.CCCN.[H-].[H-].[K+].[K+]. The van der Waals surface area contributed by atoms with Gasteiger partial charge in [0.05, 0.1) is 0 Å². The molecule has 0 aliphatic carbocycles. The van der Waals surface area contributed by atoms with Crippen LogP contribution in [-0.2, 0) is 4.79 Å². The second-order valence-corrected chi connectivity index (χ2v) is 1.93. The van der Waals surface area contributed by atoms with Crippen LogP contribution in [0.1, 0.15) is 36.0 Å². The Kier molecular flexibility index (Phi) is 77.3. The van der Waals surface area contributed by atoms with E-state index in [2.05, 4.69) is 20.1 Å². The van der Waals surface area contributed by atoms with E-state index >= 15 is 0 Å². The predicted molar refractivity (Wildman–Crippen MR) is 55.4 cm³/mol. The summed E-state index contributed by atoms with van der Waals surface area (Å²) >= 11 is 0. The molecule has 0 saturated heterocycles. The van der Waals surface area contributed by atoms with Crippen molar-refractivity contribution in [2.45, 2.75) is 33.1 Å². The molecule has 0 spiro atoms. The molecule has 3 nitrogen and oxygen atoms in total. The third-order valence-corrected chi connectivity index (χ3v) is 0.753. The minimum absolute atomic E-state index is 0. The Morgan fingerprint density at radius 1 is 1.29 bits per heavy atom. The van der Waals surface area contributed by atoms with E-state index in [1.807, 2.05) is 6.92 Å². The summed E-state index contributed by atoms with van der Waals surface area (Å²) in [5.74, 6) is -0.711. The average Bonchev–Trinajstić information content (AvgIpc) is 2.08. The molecule has 0 amide bonds. The monoisotopic (exact) mass is 255 g/mol. The summed E-state index contributed by atoms with van der Waals surface area (Å²) in [5.41, 5.74) is 5.03. The molecular weight excluding hydrogens is 232 g/mol. The molecule has 0 unspecified atom stereocenters. The van der Waals surface area contributed by atoms with Crippen LogP contribution in [0.3, 0.4) is 0 Å². The van der Waals surface area contributed by atoms with Crippen molar-refractivity contribution in [3.63, 3.8) is 0 Å². The molecule has 0 radical (unpaired) electrons. The van der Waals surface area contributed by atoms with E-state index in [9.17, 15) is 4.79 Å². The molecule has 3 N–H and O–H groups in total. The maximum absolute atomic E-state index is 9.60. The van der Waals surface area contributed by atoms with Gasteiger partial charge in [-0.25, -0.2) is 0 Å². The molecule has 78 valence electrons. The van der Waals surface area contributed by atoms with Crippen LogP contribution in [0.15, 0.2) is 13.2 Å². The minimum Gasteiger partial charge on any atom is -1.00 e. The van der Waals surface area contributed by atoms with Crippen molar-refractivity contribution in [3.05, 3.63) is 13.2 Å². The first-order valence-corrected chi connectivity index (χ1v) is 4.10. The van der Waals surface area contributed by atoms with Gasteiger partial charge in [-0.15, -0.1) is 13.2 Å². The molecule has 14 heavy (non-hydrogen) atoms. The molecule has 0 aliphatic rings. The quantitative estimate of drug-likeness (QED) is 0.402. The van der Waals surface area contributed by atoms with Gasteiger partial charge in [0.25, 0.3) is 0 Å². The van der Waals surface area contributed by atoms with E-state index in [0.717, 1.165) is 19.4 Å². The maximum Gasteiger partial charge on any atom is 1.00 e. The van der Waals surface area contributed by atoms with Crippen molar-refractivity contribution in [1.29, 1.82) is 0 Å². The molecule has 0 fully saturated rings. The summed E-state index contributed by atoms with van der Waals surface area (Å²) in [6.45, 7) is 10.7. The molecule has 0 bridgehead atoms. The summed E-state index contributed by atoms with van der Waals surface area (Å²) in [5, 5.41) is 7.91. The van der Waals surface area contributed by atoms with E-state index < -0.39 is 5.97 Å². The van der Waals surface area contributed by atoms with Crippen molar-refractivity contribution in [2.75, 3.05) is 6.54 Å². The normalized spacial score (nSPS) is 5.93. The van der Waals surface area contributed by atoms with E-state index in [0.29, 0.717) is 6.42 Å². The summed E-state index contributed by atoms with van der Waals surface area (Å²) in [4.78, 5) is 9.60. The molecule has 0 saturated carbocycles. The summed E-state index contributed by atoms with van der Waals surface area (Å²) < 4.78 is 0. The third kappa shape index (κ3) is 62.9. The zero-order valence-electron chi connectivity index (χ0n) is 12.2. The topological polar surface area (TPSA) is 63.3 Å². The second-order valence-electron chi connectivity index (χ2n) is 1.93. The summed E-state index contributed by atoms with van der Waals surface area (Å²) in [6.07, 6.45) is 2.12. The van der Waals surface area contributed by atoms with Crippen molar-refractivity contribution in [3.8, 4) is 0 Å². The number of aliphatic carboxylic acids is 1. The zero-order chi connectivity index (χ0) is 10.4. The fraction of sp³-hybridized carbons (Fsp3) is 0.667. The smallest absolute Gasteiger partial charge is 1.00 e. The van der Waals surface area contributed by atoms with Gasteiger partial charge in [-0.3, -0.25) is 4.79 Å². The number of carboxylic acids is 1. The standard InChI is InChI=1S/C4H8O2.C3H9N.C2H4.2K.2H/c1-2-3-4(5)6;1-2-3-4;1-2;;;;/h2-3H2,1H3,(H,5,6);2-4H2,1H3;1-2H2;;;;/q;;;2*+1;2*-1. The molecule has 0 aromatic heterocycles. The Morgan fingerprint density at radius 2 is 1.57 bits per heavy atom. The molecular formula is C9H23K2NO2. The Balaban J connectivity index is -0.0000000148. The van der Waals surface area contributed by atoms with Crippen molar-refractivity contribution in [1.82, 2.24) is 0 Å². The first kappa shape index (κ1) is 29.9. The van der Waals surface area contributed by atoms with Crippen LogP contribution in [-0.4, -0.2) is 17.6 Å². The fourth-order valence-corrected chi connectivity index (χ4v) is 0.214. The first-order valence-electron chi connectivity index (χ1n) is 4.10. The number of carboxylic acid groups (broad SMARTS) is 1. The molecule has 0 aliphatic heterocycles. The number of nitrogens with two attached hydrogens (primary N) is 1. The zero-order valence-corrected chi connectivity index (χ0v) is 16.4. The molecule has 0 rings (SSSR count). The number of rotatable bonds is 3. The third-order valence-electron chi connectivity index (χ3n) is 0.753. The Hall–Kier alpha value is 2.44. The second kappa shape index (κ2) is 36.1. The largest absolute Gasteiger partial charge is 1.00 e. The van der Waals surface area contributed by atoms with Gasteiger partial charge in [0.15, 0.2) is 0 Å². The molecule has 0 heterocycles. The number of carbonyl (C=O) groups is 1. The fourth-order valence-electron chi connectivity index (χ4n) is 0.214. The molecule has 0 aromatic rings. The van der Waals surface area contributed by atoms with Crippen LogP contribution in [0.4, 0.5) is 0 Å². The van der Waals surface area contributed by atoms with Gasteiger partial charge < -0.3 is 13.7 Å². The Bertz CT molecular complexity index is 99.6. The van der Waals surface area contributed by atoms with Crippen LogP contribution >= 0.6 is 0 Å². The van der Waals surface area contributed by atoms with Gasteiger partial charge in [0.1, 0.15) is 0 Å². The van der Waals surface area contributed by atoms with Gasteiger partial charge in [0.2, 0.25) is 0 Å². The van der Waals surface area contributed by atoms with E-state index in [-0.39, 0.29) is 106 Å². The Labute approximate surface area is 176 Å². The minimum atomic E-state index is -0.711. The van der Waals surface area contributed by atoms with Crippen LogP contribution in [0.25, 0.3) is 0 Å². The molecule has 0 atom stereocenters. The predicted octanol–water partition coefficient (Wildman–Crippen LogP) is -3.74. The van der Waals surface area contributed by atoms with Gasteiger partial charge in [-0.1, -0.05) is 13.8 Å². The maximum atomic E-state index is 9.60. The van der Waals surface area contributed by atoms with Crippen molar-refractivity contribution >= 4 is 5.97 Å². The Morgan fingerprint density at radius 3 is 1.57 bits per heavy atom. The number of hydrogen-bond donors (Lipinski definition) is 2.